The number of nitro benzene ring substituents is 1. The summed E-state index contributed by atoms with van der Waals surface area (Å²) in [6, 6.07) is 12.5. The number of rotatable bonds is 5. The zero-order valence-electron chi connectivity index (χ0n) is 14.5. The van der Waals surface area contributed by atoms with E-state index in [0.29, 0.717) is 16.7 Å². The van der Waals surface area contributed by atoms with Gasteiger partial charge in [-0.25, -0.2) is 0 Å². The van der Waals surface area contributed by atoms with E-state index in [1.54, 1.807) is 37.3 Å². The molecule has 1 heterocycles. The van der Waals surface area contributed by atoms with Gasteiger partial charge in [-0.15, -0.1) is 0 Å². The molecule has 2 aromatic rings. The molecule has 0 N–H and O–H groups in total. The molecule has 0 spiro atoms. The summed E-state index contributed by atoms with van der Waals surface area (Å²) in [4.78, 5) is 48.1. The topological polar surface area (TPSA) is 107 Å². The van der Waals surface area contributed by atoms with Crippen LogP contribution in [0.2, 0.25) is 0 Å². The Morgan fingerprint density at radius 2 is 1.96 bits per heavy atom. The summed E-state index contributed by atoms with van der Waals surface area (Å²) in [5, 5.41) is 10.8. The number of carbonyl (C=O) groups is 3. The van der Waals surface area contributed by atoms with Crippen LogP contribution in [0.5, 0.6) is 0 Å². The molecule has 0 aliphatic carbocycles. The van der Waals surface area contributed by atoms with Gasteiger partial charge in [-0.05, 0) is 24.1 Å². The second kappa shape index (κ2) is 7.36. The standard InChI is InChI=1S/C19H16N2O6/c1-12(13-6-4-7-15(9-13)21(25)26)27-18(23)11-20-17(22)10-14-5-2-3-8-16(14)19(20)24/h2-9,12H,10-11H2,1H3/t12-/m1/s1. The van der Waals surface area contributed by atoms with Crippen molar-refractivity contribution in [3.8, 4) is 0 Å². The van der Waals surface area contributed by atoms with Gasteiger partial charge in [0, 0.05) is 17.7 Å². The lowest BCUT2D eigenvalue weighted by molar-refractivity contribution is -0.385. The molecule has 27 heavy (non-hydrogen) atoms. The van der Waals surface area contributed by atoms with E-state index in [1.807, 2.05) is 0 Å². The predicted molar refractivity (Wildman–Crippen MR) is 93.8 cm³/mol. The van der Waals surface area contributed by atoms with Crippen LogP contribution >= 0.6 is 0 Å². The molecule has 0 bridgehead atoms. The Balaban J connectivity index is 1.69. The Labute approximate surface area is 154 Å². The average Bonchev–Trinajstić information content (AvgIpc) is 2.65. The highest BCUT2D eigenvalue weighted by Crippen LogP contribution is 2.23. The number of non-ortho nitro benzene ring substituents is 1. The number of nitrogens with zero attached hydrogens (tertiary/aromatic N) is 2. The smallest absolute Gasteiger partial charge is 0.326 e. The number of imide groups is 1. The molecule has 1 aliphatic rings. The quantitative estimate of drug-likeness (QED) is 0.347. The van der Waals surface area contributed by atoms with Crippen molar-refractivity contribution in [2.24, 2.45) is 0 Å². The van der Waals surface area contributed by atoms with Crippen LogP contribution in [-0.2, 0) is 20.7 Å². The normalized spacial score (nSPS) is 14.5. The zero-order chi connectivity index (χ0) is 19.6. The van der Waals surface area contributed by atoms with Crippen molar-refractivity contribution in [2.75, 3.05) is 6.54 Å². The Bertz CT molecular complexity index is 939. The number of benzene rings is 2. The van der Waals surface area contributed by atoms with Gasteiger partial charge in [0.25, 0.3) is 11.6 Å². The summed E-state index contributed by atoms with van der Waals surface area (Å²) in [5.74, 6) is -1.78. The van der Waals surface area contributed by atoms with E-state index in [1.165, 1.54) is 18.2 Å². The van der Waals surface area contributed by atoms with Crippen molar-refractivity contribution in [2.45, 2.75) is 19.4 Å². The second-order valence-electron chi connectivity index (χ2n) is 6.10. The maximum Gasteiger partial charge on any atom is 0.326 e. The third-order valence-corrected chi connectivity index (χ3v) is 4.28. The summed E-state index contributed by atoms with van der Waals surface area (Å²) in [5.41, 5.74) is 1.34. The van der Waals surface area contributed by atoms with Gasteiger partial charge in [0.1, 0.15) is 12.6 Å². The van der Waals surface area contributed by atoms with Crippen LogP contribution in [0.25, 0.3) is 0 Å². The van der Waals surface area contributed by atoms with E-state index in [2.05, 4.69) is 0 Å². The molecule has 8 heteroatoms. The molecule has 2 aromatic carbocycles. The second-order valence-corrected chi connectivity index (χ2v) is 6.10. The van der Waals surface area contributed by atoms with Crippen LogP contribution in [0.15, 0.2) is 48.5 Å². The van der Waals surface area contributed by atoms with Crippen molar-refractivity contribution in [3.05, 3.63) is 75.3 Å². The molecule has 0 unspecified atom stereocenters. The Kier molecular flexibility index (Phi) is 4.98. The first-order valence-corrected chi connectivity index (χ1v) is 8.23. The minimum Gasteiger partial charge on any atom is -0.456 e. The number of fused-ring (bicyclic) bond motifs is 1. The lowest BCUT2D eigenvalue weighted by Gasteiger charge is -2.26. The fourth-order valence-corrected chi connectivity index (χ4v) is 2.88. The summed E-state index contributed by atoms with van der Waals surface area (Å²) < 4.78 is 5.25. The van der Waals surface area contributed by atoms with Crippen molar-refractivity contribution < 1.29 is 24.0 Å². The van der Waals surface area contributed by atoms with Gasteiger partial charge in [0.05, 0.1) is 11.3 Å². The lowest BCUT2D eigenvalue weighted by Crippen LogP contribution is -2.45. The van der Waals surface area contributed by atoms with Crippen LogP contribution < -0.4 is 0 Å². The molecule has 0 fully saturated rings. The number of hydrogen-bond donors (Lipinski definition) is 0. The molecule has 138 valence electrons. The summed E-state index contributed by atoms with van der Waals surface area (Å²) in [6.07, 6.45) is -0.727. The van der Waals surface area contributed by atoms with Crippen LogP contribution in [0.4, 0.5) is 5.69 Å². The third-order valence-electron chi connectivity index (χ3n) is 4.28. The SMILES string of the molecule is C[C@@H](OC(=O)CN1C(=O)Cc2ccccc2C1=O)c1cccc([N+](=O)[O-])c1. The Morgan fingerprint density at radius 1 is 1.22 bits per heavy atom. The van der Waals surface area contributed by atoms with E-state index in [4.69, 9.17) is 4.74 Å². The van der Waals surface area contributed by atoms with Gasteiger partial charge >= 0.3 is 5.97 Å². The van der Waals surface area contributed by atoms with Gasteiger partial charge in [0.15, 0.2) is 0 Å². The zero-order valence-corrected chi connectivity index (χ0v) is 14.5. The van der Waals surface area contributed by atoms with E-state index in [9.17, 15) is 24.5 Å². The van der Waals surface area contributed by atoms with Crippen molar-refractivity contribution in [1.29, 1.82) is 0 Å². The highest BCUT2D eigenvalue weighted by molar-refractivity contribution is 6.11. The monoisotopic (exact) mass is 368 g/mol. The fraction of sp³-hybridized carbons (Fsp3) is 0.211. The van der Waals surface area contributed by atoms with Gasteiger partial charge in [0.2, 0.25) is 5.91 Å². The van der Waals surface area contributed by atoms with E-state index >= 15 is 0 Å². The first kappa shape index (κ1) is 18.2. The van der Waals surface area contributed by atoms with E-state index in [0.717, 1.165) is 4.90 Å². The predicted octanol–water partition coefficient (Wildman–Crippen LogP) is 2.42. The first-order valence-electron chi connectivity index (χ1n) is 8.23. The largest absolute Gasteiger partial charge is 0.456 e. The van der Waals surface area contributed by atoms with Crippen molar-refractivity contribution in [1.82, 2.24) is 4.90 Å². The molecule has 0 aromatic heterocycles. The van der Waals surface area contributed by atoms with E-state index in [-0.39, 0.29) is 12.1 Å². The molecular weight excluding hydrogens is 352 g/mol. The van der Waals surface area contributed by atoms with Gasteiger partial charge in [-0.3, -0.25) is 29.4 Å². The van der Waals surface area contributed by atoms with Crippen LogP contribution in [0.1, 0.15) is 34.5 Å². The van der Waals surface area contributed by atoms with Crippen LogP contribution in [-0.4, -0.2) is 34.2 Å². The lowest BCUT2D eigenvalue weighted by atomic mass is 9.98. The minimum atomic E-state index is -0.768. The molecular formula is C19H16N2O6. The highest BCUT2D eigenvalue weighted by Gasteiger charge is 2.32. The molecule has 2 amide bonds. The molecule has 1 aliphatic heterocycles. The molecule has 0 saturated carbocycles. The highest BCUT2D eigenvalue weighted by atomic mass is 16.6. The van der Waals surface area contributed by atoms with E-state index < -0.39 is 35.4 Å². The van der Waals surface area contributed by atoms with Crippen molar-refractivity contribution >= 4 is 23.5 Å². The Hall–Kier alpha value is -3.55. The average molecular weight is 368 g/mol. The minimum absolute atomic E-state index is 0.0373. The van der Waals surface area contributed by atoms with Gasteiger partial charge in [-0.2, -0.15) is 0 Å². The molecule has 3 rings (SSSR count). The molecule has 1 atom stereocenters. The van der Waals surface area contributed by atoms with Gasteiger partial charge < -0.3 is 4.74 Å². The maximum absolute atomic E-state index is 12.5. The van der Waals surface area contributed by atoms with Crippen LogP contribution in [0, 0.1) is 10.1 Å². The molecule has 0 radical (unpaired) electrons. The van der Waals surface area contributed by atoms with Crippen LogP contribution in [0.3, 0.4) is 0 Å². The maximum atomic E-state index is 12.5. The number of hydrogen-bond acceptors (Lipinski definition) is 6. The van der Waals surface area contributed by atoms with Crippen molar-refractivity contribution in [3.63, 3.8) is 0 Å². The summed E-state index contributed by atoms with van der Waals surface area (Å²) in [7, 11) is 0. The third kappa shape index (κ3) is 3.84. The Morgan fingerprint density at radius 3 is 2.70 bits per heavy atom. The molecule has 8 nitrogen and oxygen atoms in total. The number of carbonyl (C=O) groups excluding carboxylic acids is 3. The summed E-state index contributed by atoms with van der Waals surface area (Å²) in [6.45, 7) is 1.05. The fourth-order valence-electron chi connectivity index (χ4n) is 2.88. The van der Waals surface area contributed by atoms with Gasteiger partial charge in [-0.1, -0.05) is 30.3 Å². The number of ether oxygens (including phenoxy) is 1. The number of amides is 2. The summed E-state index contributed by atoms with van der Waals surface area (Å²) >= 11 is 0. The first-order chi connectivity index (χ1) is 12.9. The number of esters is 1. The molecule has 0 saturated heterocycles. The number of nitro groups is 1.